The van der Waals surface area contributed by atoms with Crippen molar-refractivity contribution in [1.29, 1.82) is 0 Å². The van der Waals surface area contributed by atoms with Crippen molar-refractivity contribution in [3.8, 4) is 0 Å². The molecule has 0 radical (unpaired) electrons. The average molecular weight is 280 g/mol. The van der Waals surface area contributed by atoms with Crippen LogP contribution in [0.2, 0.25) is 0 Å². The summed E-state index contributed by atoms with van der Waals surface area (Å²) in [5.41, 5.74) is 0. The summed E-state index contributed by atoms with van der Waals surface area (Å²) in [5.74, 6) is 1.90. The number of nitrogens with zero attached hydrogens (tertiary/aromatic N) is 3. The fourth-order valence-electron chi connectivity index (χ4n) is 2.23. The summed E-state index contributed by atoms with van der Waals surface area (Å²) in [6, 6.07) is 1.62. The summed E-state index contributed by atoms with van der Waals surface area (Å²) in [6.45, 7) is 10.8. The van der Waals surface area contributed by atoms with Crippen LogP contribution in [-0.4, -0.2) is 53.7 Å². The minimum Gasteiger partial charge on any atom is -0.360 e. The molecule has 0 saturated carbocycles. The van der Waals surface area contributed by atoms with Gasteiger partial charge in [0.05, 0.1) is 0 Å². The van der Waals surface area contributed by atoms with Crippen LogP contribution >= 0.6 is 0 Å². The first-order valence-electron chi connectivity index (χ1n) is 7.26. The van der Waals surface area contributed by atoms with Gasteiger partial charge in [-0.05, 0) is 25.8 Å². The van der Waals surface area contributed by atoms with Gasteiger partial charge in [0.25, 0.3) is 0 Å². The predicted octanol–water partition coefficient (Wildman–Crippen LogP) is 2.18. The van der Waals surface area contributed by atoms with Crippen molar-refractivity contribution >= 4 is 11.8 Å². The molecule has 2 heterocycles. The summed E-state index contributed by atoms with van der Waals surface area (Å²) < 4.78 is 4.93. The molecular formula is C14H24N4O2. The highest BCUT2D eigenvalue weighted by Gasteiger charge is 2.21. The molecule has 112 valence electrons. The number of urea groups is 1. The van der Waals surface area contributed by atoms with Gasteiger partial charge in [-0.1, -0.05) is 19.0 Å². The molecule has 2 rings (SSSR count). The van der Waals surface area contributed by atoms with Gasteiger partial charge in [-0.15, -0.1) is 0 Å². The van der Waals surface area contributed by atoms with Gasteiger partial charge in [-0.25, -0.2) is 4.79 Å². The second kappa shape index (κ2) is 6.74. The van der Waals surface area contributed by atoms with Crippen molar-refractivity contribution < 1.29 is 9.32 Å². The fourth-order valence-corrected chi connectivity index (χ4v) is 2.23. The van der Waals surface area contributed by atoms with Gasteiger partial charge >= 0.3 is 6.03 Å². The Morgan fingerprint density at radius 2 is 2.10 bits per heavy atom. The Morgan fingerprint density at radius 1 is 1.40 bits per heavy atom. The number of anilines is 1. The number of carbonyl (C=O) groups is 1. The molecule has 2 amide bonds. The maximum absolute atomic E-state index is 12.1. The first-order chi connectivity index (χ1) is 9.54. The first kappa shape index (κ1) is 14.8. The smallest absolute Gasteiger partial charge is 0.323 e. The van der Waals surface area contributed by atoms with Crippen molar-refractivity contribution in [2.24, 2.45) is 5.92 Å². The summed E-state index contributed by atoms with van der Waals surface area (Å²) in [7, 11) is 0. The molecule has 1 saturated heterocycles. The van der Waals surface area contributed by atoms with E-state index in [4.69, 9.17) is 4.52 Å². The number of aryl methyl sites for hydroxylation is 1. The number of rotatable bonds is 4. The van der Waals surface area contributed by atoms with Crippen LogP contribution in [0.4, 0.5) is 10.6 Å². The van der Waals surface area contributed by atoms with Crippen LogP contribution in [0.3, 0.4) is 0 Å². The van der Waals surface area contributed by atoms with E-state index in [9.17, 15) is 4.79 Å². The van der Waals surface area contributed by atoms with Crippen LogP contribution in [0.1, 0.15) is 26.0 Å². The van der Waals surface area contributed by atoms with Gasteiger partial charge in [-0.3, -0.25) is 10.2 Å². The quantitative estimate of drug-likeness (QED) is 0.918. The summed E-state index contributed by atoms with van der Waals surface area (Å²) in [5, 5.41) is 6.53. The zero-order valence-electron chi connectivity index (χ0n) is 12.6. The van der Waals surface area contributed by atoms with Gasteiger partial charge in [0.1, 0.15) is 5.76 Å². The predicted molar refractivity (Wildman–Crippen MR) is 77.7 cm³/mol. The lowest BCUT2D eigenvalue weighted by Crippen LogP contribution is -2.50. The molecule has 0 aromatic carbocycles. The highest BCUT2D eigenvalue weighted by molar-refractivity contribution is 5.88. The minimum atomic E-state index is -0.0955. The Labute approximate surface area is 120 Å². The molecule has 1 aliphatic rings. The molecule has 20 heavy (non-hydrogen) atoms. The Morgan fingerprint density at radius 3 is 2.65 bits per heavy atom. The molecule has 0 aliphatic carbocycles. The molecular weight excluding hydrogens is 256 g/mol. The van der Waals surface area contributed by atoms with Crippen LogP contribution in [0.25, 0.3) is 0 Å². The summed E-state index contributed by atoms with van der Waals surface area (Å²) in [6.07, 6.45) is 1.21. The van der Waals surface area contributed by atoms with Crippen LogP contribution in [-0.2, 0) is 0 Å². The van der Waals surface area contributed by atoms with Crippen molar-refractivity contribution in [3.63, 3.8) is 0 Å². The Hall–Kier alpha value is -1.56. The van der Waals surface area contributed by atoms with E-state index in [-0.39, 0.29) is 6.03 Å². The van der Waals surface area contributed by atoms with Crippen LogP contribution in [0.5, 0.6) is 0 Å². The Kier molecular flexibility index (Phi) is 5.00. The van der Waals surface area contributed by atoms with Crippen molar-refractivity contribution in [1.82, 2.24) is 15.0 Å². The van der Waals surface area contributed by atoms with Crippen molar-refractivity contribution in [2.75, 3.05) is 38.0 Å². The zero-order chi connectivity index (χ0) is 14.5. The van der Waals surface area contributed by atoms with Crippen LogP contribution < -0.4 is 5.32 Å². The number of aromatic nitrogens is 1. The summed E-state index contributed by atoms with van der Waals surface area (Å²) in [4.78, 5) is 16.3. The van der Waals surface area contributed by atoms with Gasteiger partial charge in [0.2, 0.25) is 0 Å². The number of piperazine rings is 1. The molecule has 6 heteroatoms. The van der Waals surface area contributed by atoms with E-state index in [2.05, 4.69) is 29.2 Å². The maximum Gasteiger partial charge on any atom is 0.323 e. The van der Waals surface area contributed by atoms with E-state index in [1.54, 1.807) is 13.0 Å². The lowest BCUT2D eigenvalue weighted by atomic mass is 10.1. The van der Waals surface area contributed by atoms with Crippen molar-refractivity contribution in [2.45, 2.75) is 27.2 Å². The van der Waals surface area contributed by atoms with E-state index in [0.717, 1.165) is 38.6 Å². The molecule has 0 unspecified atom stereocenters. The third kappa shape index (κ3) is 4.23. The molecule has 0 spiro atoms. The van der Waals surface area contributed by atoms with E-state index < -0.39 is 0 Å². The topological polar surface area (TPSA) is 61.6 Å². The third-order valence-electron chi connectivity index (χ3n) is 3.55. The number of amides is 2. The third-order valence-corrected chi connectivity index (χ3v) is 3.55. The lowest BCUT2D eigenvalue weighted by Gasteiger charge is -2.34. The molecule has 0 atom stereocenters. The summed E-state index contributed by atoms with van der Waals surface area (Å²) >= 11 is 0. The van der Waals surface area contributed by atoms with Crippen molar-refractivity contribution in [3.05, 3.63) is 11.8 Å². The maximum atomic E-state index is 12.1. The second-order valence-corrected chi connectivity index (χ2v) is 5.76. The van der Waals surface area contributed by atoms with Gasteiger partial charge in [-0.2, -0.15) is 0 Å². The van der Waals surface area contributed by atoms with E-state index in [0.29, 0.717) is 11.6 Å². The fraction of sp³-hybridized carbons (Fsp3) is 0.714. The number of hydrogen-bond acceptors (Lipinski definition) is 4. The Balaban J connectivity index is 1.74. The molecule has 1 aromatic rings. The molecule has 1 fully saturated rings. The molecule has 1 aliphatic heterocycles. The Bertz CT molecular complexity index is 436. The molecule has 0 bridgehead atoms. The largest absolute Gasteiger partial charge is 0.360 e. The van der Waals surface area contributed by atoms with E-state index in [1.165, 1.54) is 6.42 Å². The van der Waals surface area contributed by atoms with Gasteiger partial charge < -0.3 is 9.42 Å². The highest BCUT2D eigenvalue weighted by Crippen LogP contribution is 2.10. The van der Waals surface area contributed by atoms with Gasteiger partial charge in [0, 0.05) is 32.2 Å². The number of hydrogen-bond donors (Lipinski definition) is 1. The highest BCUT2D eigenvalue weighted by atomic mass is 16.5. The van der Waals surface area contributed by atoms with E-state index in [1.807, 2.05) is 4.90 Å². The SMILES string of the molecule is Cc1cc(NC(=O)N2CCN(CCC(C)C)CC2)no1. The van der Waals surface area contributed by atoms with Crippen LogP contribution in [0.15, 0.2) is 10.6 Å². The zero-order valence-corrected chi connectivity index (χ0v) is 12.6. The molecule has 1 aromatic heterocycles. The normalized spacial score (nSPS) is 16.7. The van der Waals surface area contributed by atoms with Crippen LogP contribution in [0, 0.1) is 12.8 Å². The molecule has 1 N–H and O–H groups in total. The molecule has 6 nitrogen and oxygen atoms in total. The minimum absolute atomic E-state index is 0.0955. The average Bonchev–Trinajstić information content (AvgIpc) is 2.82. The standard InChI is InChI=1S/C14H24N4O2/c1-11(2)4-5-17-6-8-18(9-7-17)14(19)15-13-10-12(3)20-16-13/h10-11H,4-9H2,1-3H3,(H,15,16,19). The number of carbonyl (C=O) groups excluding carboxylic acids is 1. The lowest BCUT2D eigenvalue weighted by molar-refractivity contribution is 0.143. The second-order valence-electron chi connectivity index (χ2n) is 5.76. The first-order valence-corrected chi connectivity index (χ1v) is 7.26. The number of nitrogens with one attached hydrogen (secondary N) is 1. The monoisotopic (exact) mass is 280 g/mol. The van der Waals surface area contributed by atoms with E-state index >= 15 is 0 Å². The van der Waals surface area contributed by atoms with Gasteiger partial charge in [0.15, 0.2) is 5.82 Å².